The monoisotopic (exact) mass is 404 g/mol. The molecule has 30 heavy (non-hydrogen) atoms. The van der Waals surface area contributed by atoms with Crippen molar-refractivity contribution in [2.75, 3.05) is 12.4 Å². The summed E-state index contributed by atoms with van der Waals surface area (Å²) < 4.78 is 6.03. The number of hydrogen-bond acceptors (Lipinski definition) is 4. The molecule has 0 aliphatic heterocycles. The lowest BCUT2D eigenvalue weighted by atomic mass is 10.1. The van der Waals surface area contributed by atoms with Crippen LogP contribution in [0.1, 0.15) is 23.7 Å². The highest BCUT2D eigenvalue weighted by molar-refractivity contribution is 5.89. The van der Waals surface area contributed by atoms with E-state index in [1.54, 1.807) is 0 Å². The van der Waals surface area contributed by atoms with Crippen molar-refractivity contribution < 1.29 is 15.1 Å². The molecule has 2 amide bonds. The molecule has 154 valence electrons. The van der Waals surface area contributed by atoms with Crippen LogP contribution in [0.3, 0.4) is 0 Å². The zero-order valence-electron chi connectivity index (χ0n) is 17.4. The van der Waals surface area contributed by atoms with Gasteiger partial charge in [0, 0.05) is 16.8 Å². The minimum Gasteiger partial charge on any atom is -0.489 e. The van der Waals surface area contributed by atoms with E-state index in [9.17, 15) is 4.79 Å². The number of aromatic nitrogens is 1. The summed E-state index contributed by atoms with van der Waals surface area (Å²) in [6.07, 6.45) is 0.902. The predicted molar refractivity (Wildman–Crippen MR) is 116 cm³/mol. The fourth-order valence-corrected chi connectivity index (χ4v) is 2.98. The number of ether oxygens (including phenoxy) is 1. The molecule has 0 atom stereocenters. The number of aryl methyl sites for hydroxylation is 2. The predicted octanol–water partition coefficient (Wildman–Crippen LogP) is 3.79. The van der Waals surface area contributed by atoms with Gasteiger partial charge in [-0.15, -0.1) is 0 Å². The van der Waals surface area contributed by atoms with Crippen LogP contribution in [0, 0.1) is 6.92 Å². The van der Waals surface area contributed by atoms with E-state index in [4.69, 9.17) is 10.3 Å². The standard InChI is InChI=1S/C23H25N5O2/c1-4-19-9-7-11-20(25-19)17-12-13-22(16(2)14-17)30-15-18-8-5-6-10-21(18)26-23(29)28(3)27-24/h5-14,24H,4,15H2,1-3H3,(H,26,29)/p+1. The Morgan fingerprint density at radius 2 is 1.97 bits per heavy atom. The van der Waals surface area contributed by atoms with E-state index in [2.05, 4.69) is 28.5 Å². The Bertz CT molecular complexity index is 1050. The Morgan fingerprint density at radius 1 is 1.17 bits per heavy atom. The smallest absolute Gasteiger partial charge is 0.433 e. The van der Waals surface area contributed by atoms with Crippen molar-refractivity contribution in [1.29, 1.82) is 0 Å². The molecule has 0 bridgehead atoms. The minimum absolute atomic E-state index is 0.309. The van der Waals surface area contributed by atoms with Crippen LogP contribution in [0.15, 0.2) is 65.9 Å². The molecule has 0 fully saturated rings. The largest absolute Gasteiger partial charge is 0.489 e. The summed E-state index contributed by atoms with van der Waals surface area (Å²) in [5.41, 5.74) is 10.7. The molecule has 3 aromatic rings. The van der Waals surface area contributed by atoms with Crippen molar-refractivity contribution in [2.24, 2.45) is 5.22 Å². The molecular weight excluding hydrogens is 378 g/mol. The lowest BCUT2D eigenvalue weighted by molar-refractivity contribution is -0.248. The number of nitrogens with zero attached hydrogens (tertiary/aromatic N) is 3. The average molecular weight is 404 g/mol. The summed E-state index contributed by atoms with van der Waals surface area (Å²) in [6, 6.07) is 19.1. The number of carbonyl (C=O) groups is 1. The first-order valence-electron chi connectivity index (χ1n) is 9.75. The van der Waals surface area contributed by atoms with Gasteiger partial charge in [0.2, 0.25) is 0 Å². The van der Waals surface area contributed by atoms with Gasteiger partial charge in [-0.3, -0.25) is 10.3 Å². The molecular formula is C23H26N5O2+. The highest BCUT2D eigenvalue weighted by Gasteiger charge is 2.16. The van der Waals surface area contributed by atoms with Crippen LogP contribution in [0.2, 0.25) is 0 Å². The first-order valence-corrected chi connectivity index (χ1v) is 9.75. The zero-order chi connectivity index (χ0) is 21.5. The van der Waals surface area contributed by atoms with Crippen molar-refractivity contribution in [3.63, 3.8) is 0 Å². The number of anilines is 1. The molecule has 0 aliphatic rings. The number of carbonyl (C=O) groups excluding carboxylic acids is 1. The third-order valence-electron chi connectivity index (χ3n) is 4.75. The van der Waals surface area contributed by atoms with Gasteiger partial charge in [0.15, 0.2) is 0 Å². The van der Waals surface area contributed by atoms with E-state index in [1.165, 1.54) is 7.05 Å². The first-order chi connectivity index (χ1) is 14.5. The first kappa shape index (κ1) is 21.0. The Hall–Kier alpha value is -3.74. The average Bonchev–Trinajstić information content (AvgIpc) is 2.78. The Balaban J connectivity index is 1.74. The van der Waals surface area contributed by atoms with Crippen LogP contribution in [-0.2, 0) is 13.0 Å². The summed E-state index contributed by atoms with van der Waals surface area (Å²) in [7, 11) is 1.48. The van der Waals surface area contributed by atoms with Crippen molar-refractivity contribution in [2.45, 2.75) is 26.9 Å². The zero-order valence-corrected chi connectivity index (χ0v) is 17.4. The Morgan fingerprint density at radius 3 is 2.70 bits per heavy atom. The van der Waals surface area contributed by atoms with Crippen molar-refractivity contribution >= 4 is 11.7 Å². The molecule has 0 saturated heterocycles. The molecule has 7 heteroatoms. The van der Waals surface area contributed by atoms with Gasteiger partial charge in [0.1, 0.15) is 19.4 Å². The fourth-order valence-electron chi connectivity index (χ4n) is 2.98. The molecule has 1 heterocycles. The number of rotatable bonds is 7. The highest BCUT2D eigenvalue weighted by Crippen LogP contribution is 2.27. The van der Waals surface area contributed by atoms with Gasteiger partial charge in [-0.2, -0.15) is 5.53 Å². The van der Waals surface area contributed by atoms with E-state index in [-0.39, 0.29) is 0 Å². The quantitative estimate of drug-likeness (QED) is 0.463. The summed E-state index contributed by atoms with van der Waals surface area (Å²) in [6.45, 7) is 4.41. The van der Waals surface area contributed by atoms with Crippen LogP contribution in [0.4, 0.5) is 10.5 Å². The van der Waals surface area contributed by atoms with E-state index in [0.717, 1.165) is 45.3 Å². The number of nitrogens with two attached hydrogens (primary N) is 1. The van der Waals surface area contributed by atoms with E-state index in [0.29, 0.717) is 12.3 Å². The number of amides is 2. The summed E-state index contributed by atoms with van der Waals surface area (Å²) >= 11 is 0. The molecule has 3 rings (SSSR count). The fraction of sp³-hybridized carbons (Fsp3) is 0.217. The minimum atomic E-state index is -0.424. The second kappa shape index (κ2) is 9.65. The normalized spacial score (nSPS) is 10.4. The van der Waals surface area contributed by atoms with Gasteiger partial charge < -0.3 is 4.74 Å². The van der Waals surface area contributed by atoms with Crippen LogP contribution in [-0.4, -0.2) is 23.1 Å². The molecule has 3 N–H and O–H groups in total. The number of pyridine rings is 1. The SMILES string of the molecule is CCc1cccc(-c2ccc(OCc3ccccc3NC(=O)N(C)N=[NH2+])c(C)c2)n1. The maximum absolute atomic E-state index is 12.0. The summed E-state index contributed by atoms with van der Waals surface area (Å²) in [5.74, 6) is 0.778. The number of nitrogens with one attached hydrogen (secondary N) is 1. The van der Waals surface area contributed by atoms with Gasteiger partial charge >= 0.3 is 6.03 Å². The van der Waals surface area contributed by atoms with Gasteiger partial charge in [0.05, 0.1) is 16.6 Å². The Kier molecular flexibility index (Phi) is 6.75. The number of hydrogen-bond donors (Lipinski definition) is 2. The van der Waals surface area contributed by atoms with E-state index >= 15 is 0 Å². The molecule has 0 radical (unpaired) electrons. The second-order valence-corrected chi connectivity index (χ2v) is 6.86. The highest BCUT2D eigenvalue weighted by atomic mass is 16.5. The molecule has 0 saturated carbocycles. The van der Waals surface area contributed by atoms with Crippen LogP contribution in [0.25, 0.3) is 11.3 Å². The third-order valence-corrected chi connectivity index (χ3v) is 4.75. The topological polar surface area (TPSA) is 92.4 Å². The maximum Gasteiger partial charge on any atom is 0.433 e. The van der Waals surface area contributed by atoms with Gasteiger partial charge in [-0.05, 0) is 55.3 Å². The van der Waals surface area contributed by atoms with Crippen LogP contribution < -0.4 is 15.6 Å². The molecule has 0 aliphatic carbocycles. The lowest BCUT2D eigenvalue weighted by Crippen LogP contribution is -2.37. The van der Waals surface area contributed by atoms with Crippen LogP contribution in [0.5, 0.6) is 5.75 Å². The maximum atomic E-state index is 12.0. The number of benzene rings is 2. The molecule has 0 spiro atoms. The number of para-hydroxylation sites is 1. The third kappa shape index (κ3) is 5.00. The van der Waals surface area contributed by atoms with Crippen molar-refractivity contribution in [1.82, 2.24) is 9.99 Å². The Labute approximate surface area is 176 Å². The molecule has 7 nitrogen and oxygen atoms in total. The van der Waals surface area contributed by atoms with Gasteiger partial charge in [-0.25, -0.2) is 4.79 Å². The molecule has 1 aromatic heterocycles. The van der Waals surface area contributed by atoms with Crippen LogP contribution >= 0.6 is 0 Å². The summed E-state index contributed by atoms with van der Waals surface area (Å²) in [4.78, 5) is 16.7. The second-order valence-electron chi connectivity index (χ2n) is 6.86. The van der Waals surface area contributed by atoms with Gasteiger partial charge in [0.25, 0.3) is 0 Å². The molecule has 2 aromatic carbocycles. The van der Waals surface area contributed by atoms with E-state index < -0.39 is 6.03 Å². The lowest BCUT2D eigenvalue weighted by Gasteiger charge is -2.14. The summed E-state index contributed by atoms with van der Waals surface area (Å²) in [5, 5.41) is 7.16. The van der Waals surface area contributed by atoms with E-state index in [1.807, 2.05) is 61.5 Å². The number of urea groups is 1. The van der Waals surface area contributed by atoms with Crippen molar-refractivity contribution in [3.8, 4) is 17.0 Å². The molecule has 0 unspecified atom stereocenters. The van der Waals surface area contributed by atoms with Gasteiger partial charge in [-0.1, -0.05) is 36.2 Å². The van der Waals surface area contributed by atoms with Crippen molar-refractivity contribution in [3.05, 3.63) is 77.5 Å².